The molecule has 1 aliphatic rings. The number of hydrogen-bond acceptors (Lipinski definition) is 4. The maximum absolute atomic E-state index is 12.8. The van der Waals surface area contributed by atoms with E-state index in [2.05, 4.69) is 26.1 Å². The Morgan fingerprint density at radius 3 is 2.25 bits per heavy atom. The molecule has 0 aromatic heterocycles. The average Bonchev–Trinajstić information content (AvgIpc) is 2.78. The summed E-state index contributed by atoms with van der Waals surface area (Å²) in [7, 11) is 0. The highest BCUT2D eigenvalue weighted by Crippen LogP contribution is 2.29. The maximum Gasteiger partial charge on any atom is 0.260 e. The van der Waals surface area contributed by atoms with Gasteiger partial charge in [-0.05, 0) is 67.5 Å². The van der Waals surface area contributed by atoms with E-state index in [0.717, 1.165) is 31.6 Å². The lowest BCUT2D eigenvalue weighted by atomic mass is 9.87. The third-order valence-electron chi connectivity index (χ3n) is 5.57. The number of likely N-dealkylation sites (tertiary alicyclic amines) is 1. The van der Waals surface area contributed by atoms with Gasteiger partial charge in [-0.2, -0.15) is 0 Å². The molecule has 0 saturated carbocycles. The molecule has 1 aliphatic heterocycles. The number of ether oxygens (including phenoxy) is 2. The lowest BCUT2D eigenvalue weighted by Crippen LogP contribution is -2.38. The zero-order chi connectivity index (χ0) is 23.1. The predicted molar refractivity (Wildman–Crippen MR) is 127 cm³/mol. The fourth-order valence-electron chi connectivity index (χ4n) is 3.67. The Morgan fingerprint density at radius 1 is 0.938 bits per heavy atom. The summed E-state index contributed by atoms with van der Waals surface area (Å²) in [6.07, 6.45) is 3.25. The van der Waals surface area contributed by atoms with Crippen LogP contribution >= 0.6 is 0 Å². The molecule has 1 fully saturated rings. The van der Waals surface area contributed by atoms with Crippen molar-refractivity contribution in [3.63, 3.8) is 0 Å². The fourth-order valence-corrected chi connectivity index (χ4v) is 3.67. The summed E-state index contributed by atoms with van der Waals surface area (Å²) in [5.74, 6) is 0.663. The van der Waals surface area contributed by atoms with Gasteiger partial charge in [0.25, 0.3) is 11.8 Å². The van der Waals surface area contributed by atoms with E-state index in [0.29, 0.717) is 23.7 Å². The molecule has 0 aliphatic carbocycles. The number of amides is 2. The minimum absolute atomic E-state index is 0.0207. The zero-order valence-electron chi connectivity index (χ0n) is 19.6. The van der Waals surface area contributed by atoms with Crippen LogP contribution in [0.4, 0.5) is 5.69 Å². The second-order valence-corrected chi connectivity index (χ2v) is 9.11. The first-order chi connectivity index (χ1) is 15.3. The summed E-state index contributed by atoms with van der Waals surface area (Å²) in [4.78, 5) is 27.0. The minimum atomic E-state index is -0.231. The van der Waals surface area contributed by atoms with Crippen molar-refractivity contribution in [2.75, 3.05) is 31.6 Å². The van der Waals surface area contributed by atoms with Crippen molar-refractivity contribution < 1.29 is 19.1 Å². The first-order valence-electron chi connectivity index (χ1n) is 11.4. The van der Waals surface area contributed by atoms with Gasteiger partial charge in [0, 0.05) is 24.3 Å². The smallest absolute Gasteiger partial charge is 0.260 e. The normalized spacial score (nSPS) is 14.1. The standard InChI is InChI=1S/C26H34N2O4/c1-5-31-23-17-19(25(30)27-21-12-10-20(11-13-21)26(2,3)4)9-14-22(23)32-18-24(29)28-15-7-6-8-16-28/h9-14,17H,5-8,15-16,18H2,1-4H3,(H,27,30). The Kier molecular flexibility index (Phi) is 7.78. The second-order valence-electron chi connectivity index (χ2n) is 9.11. The van der Waals surface area contributed by atoms with Crippen molar-refractivity contribution in [3.05, 3.63) is 53.6 Å². The van der Waals surface area contributed by atoms with Crippen molar-refractivity contribution in [3.8, 4) is 11.5 Å². The lowest BCUT2D eigenvalue weighted by molar-refractivity contribution is -0.134. The van der Waals surface area contributed by atoms with E-state index < -0.39 is 0 Å². The monoisotopic (exact) mass is 438 g/mol. The Hall–Kier alpha value is -3.02. The summed E-state index contributed by atoms with van der Waals surface area (Å²) in [5, 5.41) is 2.92. The highest BCUT2D eigenvalue weighted by molar-refractivity contribution is 6.04. The van der Waals surface area contributed by atoms with Crippen LogP contribution in [0.1, 0.15) is 62.9 Å². The maximum atomic E-state index is 12.8. The van der Waals surface area contributed by atoms with Gasteiger partial charge in [0.15, 0.2) is 18.1 Å². The molecule has 2 aromatic carbocycles. The lowest BCUT2D eigenvalue weighted by Gasteiger charge is -2.26. The van der Waals surface area contributed by atoms with Gasteiger partial charge in [-0.1, -0.05) is 32.9 Å². The van der Waals surface area contributed by atoms with Crippen molar-refractivity contribution in [1.82, 2.24) is 4.90 Å². The van der Waals surface area contributed by atoms with Crippen LogP contribution in [0.3, 0.4) is 0 Å². The molecule has 1 heterocycles. The quantitative estimate of drug-likeness (QED) is 0.659. The van der Waals surface area contributed by atoms with Crippen LogP contribution in [-0.4, -0.2) is 43.0 Å². The summed E-state index contributed by atoms with van der Waals surface area (Å²) in [6.45, 7) is 10.3. The van der Waals surface area contributed by atoms with Crippen LogP contribution < -0.4 is 14.8 Å². The van der Waals surface area contributed by atoms with Crippen molar-refractivity contribution in [2.45, 2.75) is 52.4 Å². The molecule has 2 amide bonds. The van der Waals surface area contributed by atoms with E-state index >= 15 is 0 Å². The van der Waals surface area contributed by atoms with Gasteiger partial charge >= 0.3 is 0 Å². The Bertz CT molecular complexity index is 926. The molecule has 3 rings (SSSR count). The molecule has 0 unspecified atom stereocenters. The summed E-state index contributed by atoms with van der Waals surface area (Å²) >= 11 is 0. The van der Waals surface area contributed by atoms with E-state index in [1.807, 2.05) is 36.1 Å². The molecule has 6 heteroatoms. The van der Waals surface area contributed by atoms with Crippen LogP contribution in [0.15, 0.2) is 42.5 Å². The van der Waals surface area contributed by atoms with Gasteiger partial charge < -0.3 is 19.7 Å². The molecule has 6 nitrogen and oxygen atoms in total. The number of nitrogens with zero attached hydrogens (tertiary/aromatic N) is 1. The van der Waals surface area contributed by atoms with Gasteiger partial charge in [0.1, 0.15) is 0 Å². The molecule has 1 saturated heterocycles. The summed E-state index contributed by atoms with van der Waals surface area (Å²) in [5.41, 5.74) is 2.45. The first-order valence-corrected chi connectivity index (χ1v) is 11.4. The minimum Gasteiger partial charge on any atom is -0.490 e. The summed E-state index contributed by atoms with van der Waals surface area (Å²) < 4.78 is 11.4. The number of benzene rings is 2. The van der Waals surface area contributed by atoms with Crippen LogP contribution in [0, 0.1) is 0 Å². The highest BCUT2D eigenvalue weighted by atomic mass is 16.5. The molecule has 32 heavy (non-hydrogen) atoms. The van der Waals surface area contributed by atoms with E-state index in [4.69, 9.17) is 9.47 Å². The molecule has 2 aromatic rings. The van der Waals surface area contributed by atoms with Gasteiger partial charge in [-0.3, -0.25) is 9.59 Å². The fraction of sp³-hybridized carbons (Fsp3) is 0.462. The predicted octanol–water partition coefficient (Wildman–Crippen LogP) is 5.03. The molecule has 1 N–H and O–H groups in total. The molecular weight excluding hydrogens is 404 g/mol. The van der Waals surface area contributed by atoms with E-state index in [1.165, 1.54) is 12.0 Å². The Labute approximate surface area is 190 Å². The van der Waals surface area contributed by atoms with Crippen molar-refractivity contribution in [1.29, 1.82) is 0 Å². The van der Waals surface area contributed by atoms with Crippen LogP contribution in [0.2, 0.25) is 0 Å². The highest BCUT2D eigenvalue weighted by Gasteiger charge is 2.19. The number of carbonyl (C=O) groups excluding carboxylic acids is 2. The Balaban J connectivity index is 1.66. The van der Waals surface area contributed by atoms with Crippen molar-refractivity contribution in [2.24, 2.45) is 0 Å². The van der Waals surface area contributed by atoms with E-state index in [-0.39, 0.29) is 23.8 Å². The number of piperidine rings is 1. The molecule has 0 bridgehead atoms. The second kappa shape index (κ2) is 10.5. The number of hydrogen-bond donors (Lipinski definition) is 1. The number of anilines is 1. The zero-order valence-corrected chi connectivity index (χ0v) is 19.6. The largest absolute Gasteiger partial charge is 0.490 e. The molecule has 172 valence electrons. The number of rotatable bonds is 7. The molecular formula is C26H34N2O4. The molecule has 0 radical (unpaired) electrons. The third kappa shape index (κ3) is 6.25. The topological polar surface area (TPSA) is 67.9 Å². The number of carbonyl (C=O) groups is 2. The van der Waals surface area contributed by atoms with E-state index in [1.54, 1.807) is 18.2 Å². The van der Waals surface area contributed by atoms with Crippen molar-refractivity contribution >= 4 is 17.5 Å². The van der Waals surface area contributed by atoms with E-state index in [9.17, 15) is 9.59 Å². The van der Waals surface area contributed by atoms with Crippen LogP contribution in [0.5, 0.6) is 11.5 Å². The first kappa shape index (κ1) is 23.6. The average molecular weight is 439 g/mol. The van der Waals surface area contributed by atoms with Gasteiger partial charge in [-0.15, -0.1) is 0 Å². The number of nitrogens with one attached hydrogen (secondary N) is 1. The van der Waals surface area contributed by atoms with Crippen LogP contribution in [0.25, 0.3) is 0 Å². The molecule has 0 spiro atoms. The Morgan fingerprint density at radius 2 is 1.62 bits per heavy atom. The van der Waals surface area contributed by atoms with Gasteiger partial charge in [-0.25, -0.2) is 0 Å². The third-order valence-corrected chi connectivity index (χ3v) is 5.57. The SMILES string of the molecule is CCOc1cc(C(=O)Nc2ccc(C(C)(C)C)cc2)ccc1OCC(=O)N1CCCCC1. The summed E-state index contributed by atoms with van der Waals surface area (Å²) in [6, 6.07) is 12.9. The van der Waals surface area contributed by atoms with Gasteiger partial charge in [0.05, 0.1) is 6.61 Å². The van der Waals surface area contributed by atoms with Crippen LogP contribution in [-0.2, 0) is 10.2 Å². The van der Waals surface area contributed by atoms with Gasteiger partial charge in [0.2, 0.25) is 0 Å². The molecule has 0 atom stereocenters.